The Morgan fingerprint density at radius 2 is 2.21 bits per heavy atom. The van der Waals surface area contributed by atoms with Crippen LogP contribution < -0.4 is 5.32 Å². The van der Waals surface area contributed by atoms with E-state index in [0.29, 0.717) is 6.04 Å². The van der Waals surface area contributed by atoms with Crippen LogP contribution in [0.1, 0.15) is 45.7 Å². The molecule has 2 heterocycles. The third-order valence-corrected chi connectivity index (χ3v) is 4.23. The van der Waals surface area contributed by atoms with E-state index in [1.54, 1.807) is 0 Å². The average molecular weight is 261 g/mol. The van der Waals surface area contributed by atoms with E-state index in [-0.39, 0.29) is 0 Å². The second kappa shape index (κ2) is 6.90. The van der Waals surface area contributed by atoms with Gasteiger partial charge in [0.25, 0.3) is 0 Å². The van der Waals surface area contributed by atoms with Gasteiger partial charge < -0.3 is 5.32 Å². The van der Waals surface area contributed by atoms with E-state index in [1.807, 2.05) is 0 Å². The van der Waals surface area contributed by atoms with Crippen molar-refractivity contribution in [2.24, 2.45) is 5.92 Å². The maximum absolute atomic E-state index is 4.71. The van der Waals surface area contributed by atoms with E-state index in [9.17, 15) is 0 Å². The second-order valence-electron chi connectivity index (χ2n) is 5.77. The Kier molecular flexibility index (Phi) is 5.20. The van der Waals surface area contributed by atoms with Gasteiger partial charge in [0.05, 0.1) is 5.69 Å². The second-order valence-corrected chi connectivity index (χ2v) is 5.77. The molecule has 1 fully saturated rings. The normalized spacial score (nSPS) is 24.4. The predicted molar refractivity (Wildman–Crippen MR) is 81.3 cm³/mol. The van der Waals surface area contributed by atoms with Gasteiger partial charge in [-0.15, -0.1) is 0 Å². The van der Waals surface area contributed by atoms with Crippen LogP contribution in [0.25, 0.3) is 0 Å². The molecule has 0 radical (unpaired) electrons. The van der Waals surface area contributed by atoms with Crippen molar-refractivity contribution in [3.63, 3.8) is 0 Å². The van der Waals surface area contributed by atoms with Gasteiger partial charge in [0, 0.05) is 19.1 Å². The molecule has 1 aliphatic heterocycles. The van der Waals surface area contributed by atoms with Gasteiger partial charge in [-0.25, -0.2) is 4.98 Å². The summed E-state index contributed by atoms with van der Waals surface area (Å²) in [5.74, 6) is 1.81. The molecule has 0 aliphatic carbocycles. The van der Waals surface area contributed by atoms with Crippen LogP contribution in [-0.4, -0.2) is 29.0 Å². The first-order valence-electron chi connectivity index (χ1n) is 7.64. The van der Waals surface area contributed by atoms with Crippen LogP contribution in [0.5, 0.6) is 0 Å². The van der Waals surface area contributed by atoms with Crippen molar-refractivity contribution in [1.29, 1.82) is 0 Å². The van der Waals surface area contributed by atoms with Crippen LogP contribution in [0.15, 0.2) is 18.2 Å². The molecule has 106 valence electrons. The SMILES string of the molecule is CCCNc1cccc(CN2CCCC(C)C2C)n1. The van der Waals surface area contributed by atoms with Crippen molar-refractivity contribution in [1.82, 2.24) is 9.88 Å². The van der Waals surface area contributed by atoms with Crippen LogP contribution >= 0.6 is 0 Å². The number of likely N-dealkylation sites (tertiary alicyclic amines) is 1. The van der Waals surface area contributed by atoms with Crippen LogP contribution in [0, 0.1) is 5.92 Å². The van der Waals surface area contributed by atoms with Crippen molar-refractivity contribution < 1.29 is 0 Å². The monoisotopic (exact) mass is 261 g/mol. The first-order chi connectivity index (χ1) is 9.20. The van der Waals surface area contributed by atoms with Gasteiger partial charge in [-0.2, -0.15) is 0 Å². The zero-order valence-corrected chi connectivity index (χ0v) is 12.5. The maximum atomic E-state index is 4.71. The molecule has 2 atom stereocenters. The van der Waals surface area contributed by atoms with Gasteiger partial charge in [0.15, 0.2) is 0 Å². The number of anilines is 1. The fourth-order valence-electron chi connectivity index (χ4n) is 2.77. The van der Waals surface area contributed by atoms with Gasteiger partial charge in [-0.3, -0.25) is 4.90 Å². The molecule has 2 unspecified atom stereocenters. The zero-order chi connectivity index (χ0) is 13.7. The highest BCUT2D eigenvalue weighted by atomic mass is 15.2. The zero-order valence-electron chi connectivity index (χ0n) is 12.5. The van der Waals surface area contributed by atoms with Gasteiger partial charge in [0.2, 0.25) is 0 Å². The van der Waals surface area contributed by atoms with E-state index >= 15 is 0 Å². The molecule has 1 N–H and O–H groups in total. The number of nitrogens with one attached hydrogen (secondary N) is 1. The Hall–Kier alpha value is -1.09. The number of hydrogen-bond acceptors (Lipinski definition) is 3. The summed E-state index contributed by atoms with van der Waals surface area (Å²) in [5, 5.41) is 3.36. The van der Waals surface area contributed by atoms with E-state index in [1.165, 1.54) is 25.1 Å². The van der Waals surface area contributed by atoms with Crippen LogP contribution in [-0.2, 0) is 6.54 Å². The topological polar surface area (TPSA) is 28.2 Å². The first kappa shape index (κ1) is 14.3. The van der Waals surface area contributed by atoms with Crippen LogP contribution in [0.4, 0.5) is 5.82 Å². The Morgan fingerprint density at radius 3 is 3.00 bits per heavy atom. The number of hydrogen-bond donors (Lipinski definition) is 1. The number of pyridine rings is 1. The molecule has 0 aromatic carbocycles. The number of aromatic nitrogens is 1. The van der Waals surface area contributed by atoms with Crippen molar-refractivity contribution in [3.8, 4) is 0 Å². The molecule has 1 aliphatic rings. The smallest absolute Gasteiger partial charge is 0.126 e. The Balaban J connectivity index is 1.98. The summed E-state index contributed by atoms with van der Waals surface area (Å²) >= 11 is 0. The lowest BCUT2D eigenvalue weighted by atomic mass is 9.92. The Labute approximate surface area is 117 Å². The minimum absolute atomic E-state index is 0.669. The van der Waals surface area contributed by atoms with Crippen molar-refractivity contribution in [3.05, 3.63) is 23.9 Å². The minimum Gasteiger partial charge on any atom is -0.370 e. The summed E-state index contributed by atoms with van der Waals surface area (Å²) in [7, 11) is 0. The highest BCUT2D eigenvalue weighted by Gasteiger charge is 2.24. The lowest BCUT2D eigenvalue weighted by molar-refractivity contribution is 0.105. The number of piperidine rings is 1. The maximum Gasteiger partial charge on any atom is 0.126 e. The fourth-order valence-corrected chi connectivity index (χ4v) is 2.77. The molecule has 2 rings (SSSR count). The standard InChI is InChI=1S/C16H27N3/c1-4-10-17-16-9-5-8-15(18-16)12-19-11-6-7-13(2)14(19)3/h5,8-9,13-14H,4,6-7,10-12H2,1-3H3,(H,17,18). The van der Waals surface area contributed by atoms with Gasteiger partial charge in [-0.1, -0.05) is 19.9 Å². The Bertz CT molecular complexity index is 391. The molecule has 1 aromatic heterocycles. The number of nitrogens with zero attached hydrogens (tertiary/aromatic N) is 2. The fraction of sp³-hybridized carbons (Fsp3) is 0.688. The van der Waals surface area contributed by atoms with Crippen LogP contribution in [0.3, 0.4) is 0 Å². The first-order valence-corrected chi connectivity index (χ1v) is 7.64. The minimum atomic E-state index is 0.669. The van der Waals surface area contributed by atoms with Gasteiger partial charge in [-0.05, 0) is 50.8 Å². The molecule has 19 heavy (non-hydrogen) atoms. The summed E-state index contributed by atoms with van der Waals surface area (Å²) in [6, 6.07) is 6.98. The lowest BCUT2D eigenvalue weighted by Crippen LogP contribution is -2.41. The van der Waals surface area contributed by atoms with Crippen molar-refractivity contribution in [2.75, 3.05) is 18.4 Å². The third kappa shape index (κ3) is 3.93. The van der Waals surface area contributed by atoms with Gasteiger partial charge >= 0.3 is 0 Å². The van der Waals surface area contributed by atoms with E-state index in [0.717, 1.165) is 31.2 Å². The molecule has 0 amide bonds. The Morgan fingerprint density at radius 1 is 1.37 bits per heavy atom. The third-order valence-electron chi connectivity index (χ3n) is 4.23. The molecule has 3 heteroatoms. The molecule has 1 saturated heterocycles. The summed E-state index contributed by atoms with van der Waals surface area (Å²) in [5.41, 5.74) is 1.18. The lowest BCUT2D eigenvalue weighted by Gasteiger charge is -2.37. The summed E-state index contributed by atoms with van der Waals surface area (Å²) < 4.78 is 0. The average Bonchev–Trinajstić information content (AvgIpc) is 2.42. The van der Waals surface area contributed by atoms with E-state index in [4.69, 9.17) is 4.98 Å². The molecule has 0 spiro atoms. The largest absolute Gasteiger partial charge is 0.370 e. The highest BCUT2D eigenvalue weighted by molar-refractivity contribution is 5.35. The quantitative estimate of drug-likeness (QED) is 0.879. The molecular weight excluding hydrogens is 234 g/mol. The molecule has 1 aromatic rings. The van der Waals surface area contributed by atoms with Crippen molar-refractivity contribution >= 4 is 5.82 Å². The predicted octanol–water partition coefficient (Wildman–Crippen LogP) is 3.52. The molecular formula is C16H27N3. The summed E-state index contributed by atoms with van der Waals surface area (Å²) in [4.78, 5) is 7.28. The molecule has 0 bridgehead atoms. The van der Waals surface area contributed by atoms with E-state index in [2.05, 4.69) is 49.2 Å². The number of rotatable bonds is 5. The van der Waals surface area contributed by atoms with Crippen LogP contribution in [0.2, 0.25) is 0 Å². The molecule has 3 nitrogen and oxygen atoms in total. The van der Waals surface area contributed by atoms with Gasteiger partial charge in [0.1, 0.15) is 5.82 Å². The molecule has 0 saturated carbocycles. The summed E-state index contributed by atoms with van der Waals surface area (Å²) in [6.07, 6.45) is 3.81. The summed E-state index contributed by atoms with van der Waals surface area (Å²) in [6.45, 7) is 10.1. The van der Waals surface area contributed by atoms with E-state index < -0.39 is 0 Å². The van der Waals surface area contributed by atoms with Crippen molar-refractivity contribution in [2.45, 2.75) is 52.6 Å². The highest BCUT2D eigenvalue weighted by Crippen LogP contribution is 2.24.